The van der Waals surface area contributed by atoms with Crippen LogP contribution in [0.25, 0.3) is 16.7 Å². The van der Waals surface area contributed by atoms with Crippen LogP contribution >= 0.6 is 11.8 Å². The largest absolute Gasteiger partial charge is 0.486 e. The van der Waals surface area contributed by atoms with E-state index < -0.39 is 0 Å². The number of hydrogen-bond acceptors (Lipinski definition) is 8. The Kier molecular flexibility index (Phi) is 4.57. The standard InChI is InChI=1S/C22H17N5O4S/c28-20-16-11-23-21-24-22(32-13-14-3-4-18-19(10-14)31-9-8-30-18)25-27(21)17(16)5-6-26(20)12-15-2-1-7-29-15/h1-7,10-11H,8-9,12-13H2. The van der Waals surface area contributed by atoms with Crippen molar-refractivity contribution in [2.45, 2.75) is 17.5 Å². The van der Waals surface area contributed by atoms with Gasteiger partial charge in [-0.25, -0.2) is 4.98 Å². The molecule has 0 amide bonds. The fourth-order valence-corrected chi connectivity index (χ4v) is 4.38. The molecule has 0 bridgehead atoms. The van der Waals surface area contributed by atoms with Crippen LogP contribution in [-0.2, 0) is 12.3 Å². The third-order valence-electron chi connectivity index (χ3n) is 5.17. The summed E-state index contributed by atoms with van der Waals surface area (Å²) < 4.78 is 19.8. The molecule has 10 heteroatoms. The number of benzene rings is 1. The van der Waals surface area contributed by atoms with Gasteiger partial charge in [-0.05, 0) is 35.9 Å². The van der Waals surface area contributed by atoms with Crippen molar-refractivity contribution < 1.29 is 13.9 Å². The van der Waals surface area contributed by atoms with Crippen LogP contribution in [0, 0.1) is 0 Å². The van der Waals surface area contributed by atoms with Gasteiger partial charge in [-0.15, -0.1) is 5.10 Å². The minimum absolute atomic E-state index is 0.158. The summed E-state index contributed by atoms with van der Waals surface area (Å²) in [5, 5.41) is 5.63. The monoisotopic (exact) mass is 447 g/mol. The first-order valence-corrected chi connectivity index (χ1v) is 11.0. The highest BCUT2D eigenvalue weighted by atomic mass is 32.2. The van der Waals surface area contributed by atoms with Gasteiger partial charge < -0.3 is 18.5 Å². The fourth-order valence-electron chi connectivity index (χ4n) is 3.62. The molecule has 6 rings (SSSR count). The van der Waals surface area contributed by atoms with Gasteiger partial charge in [0.1, 0.15) is 19.0 Å². The third kappa shape index (κ3) is 3.38. The fraction of sp³-hybridized carbons (Fsp3) is 0.182. The van der Waals surface area contributed by atoms with E-state index in [-0.39, 0.29) is 5.56 Å². The predicted octanol–water partition coefficient (Wildman–Crippen LogP) is 3.14. The molecule has 1 aliphatic rings. The van der Waals surface area contributed by atoms with Crippen LogP contribution in [-0.4, -0.2) is 37.4 Å². The zero-order chi connectivity index (χ0) is 21.5. The molecule has 0 atom stereocenters. The number of aromatic nitrogens is 5. The van der Waals surface area contributed by atoms with Crippen LogP contribution in [0.1, 0.15) is 11.3 Å². The number of rotatable bonds is 5. The van der Waals surface area contributed by atoms with E-state index in [4.69, 9.17) is 13.9 Å². The van der Waals surface area contributed by atoms with Gasteiger partial charge in [0.2, 0.25) is 5.16 Å². The number of nitrogens with zero attached hydrogens (tertiary/aromatic N) is 5. The molecule has 4 aromatic heterocycles. The Hall–Kier alpha value is -3.79. The minimum atomic E-state index is -0.158. The van der Waals surface area contributed by atoms with Crippen LogP contribution in [0.3, 0.4) is 0 Å². The first-order chi connectivity index (χ1) is 15.7. The minimum Gasteiger partial charge on any atom is -0.486 e. The molecular weight excluding hydrogens is 430 g/mol. The van der Waals surface area contributed by atoms with Crippen molar-refractivity contribution in [3.8, 4) is 11.5 Å². The Morgan fingerprint density at radius 1 is 1.09 bits per heavy atom. The molecule has 5 heterocycles. The second-order valence-corrected chi connectivity index (χ2v) is 8.20. The Morgan fingerprint density at radius 2 is 2.00 bits per heavy atom. The van der Waals surface area contributed by atoms with E-state index in [1.165, 1.54) is 11.8 Å². The molecule has 1 aromatic carbocycles. The summed E-state index contributed by atoms with van der Waals surface area (Å²) in [5.41, 5.74) is 1.58. The zero-order valence-electron chi connectivity index (χ0n) is 16.8. The molecule has 32 heavy (non-hydrogen) atoms. The molecule has 0 spiro atoms. The molecule has 9 nitrogen and oxygen atoms in total. The highest BCUT2D eigenvalue weighted by Crippen LogP contribution is 2.32. The van der Waals surface area contributed by atoms with Gasteiger partial charge in [0, 0.05) is 18.1 Å². The Balaban J connectivity index is 1.28. The molecular formula is C22H17N5O4S. The number of hydrogen-bond donors (Lipinski definition) is 0. The van der Waals surface area contributed by atoms with Crippen molar-refractivity contribution in [3.05, 3.63) is 76.7 Å². The van der Waals surface area contributed by atoms with E-state index >= 15 is 0 Å². The lowest BCUT2D eigenvalue weighted by molar-refractivity contribution is 0.171. The second kappa shape index (κ2) is 7.72. The van der Waals surface area contributed by atoms with Crippen molar-refractivity contribution in [3.63, 3.8) is 0 Å². The molecule has 0 fully saturated rings. The summed E-state index contributed by atoms with van der Waals surface area (Å²) in [6.07, 6.45) is 4.87. The lowest BCUT2D eigenvalue weighted by atomic mass is 10.2. The van der Waals surface area contributed by atoms with Crippen LogP contribution in [0.4, 0.5) is 0 Å². The number of furan rings is 1. The molecule has 0 saturated heterocycles. The maximum atomic E-state index is 12.9. The summed E-state index contributed by atoms with van der Waals surface area (Å²) in [6.45, 7) is 1.48. The van der Waals surface area contributed by atoms with E-state index in [1.807, 2.05) is 30.3 Å². The topological polar surface area (TPSA) is 96.7 Å². The van der Waals surface area contributed by atoms with Gasteiger partial charge in [-0.3, -0.25) is 4.79 Å². The zero-order valence-corrected chi connectivity index (χ0v) is 17.6. The lowest BCUT2D eigenvalue weighted by Gasteiger charge is -2.18. The summed E-state index contributed by atoms with van der Waals surface area (Å²) in [7, 11) is 0. The van der Waals surface area contributed by atoms with E-state index in [0.29, 0.717) is 53.1 Å². The van der Waals surface area contributed by atoms with Gasteiger partial charge in [0.05, 0.1) is 23.7 Å². The van der Waals surface area contributed by atoms with Gasteiger partial charge in [0.25, 0.3) is 11.3 Å². The van der Waals surface area contributed by atoms with Crippen LogP contribution in [0.2, 0.25) is 0 Å². The summed E-state index contributed by atoms with van der Waals surface area (Å²) in [4.78, 5) is 21.8. The average Bonchev–Trinajstić information content (AvgIpc) is 3.49. The highest BCUT2D eigenvalue weighted by molar-refractivity contribution is 7.98. The number of thioether (sulfide) groups is 1. The first kappa shape index (κ1) is 18.9. The van der Waals surface area contributed by atoms with E-state index in [1.54, 1.807) is 33.8 Å². The third-order valence-corrected chi connectivity index (χ3v) is 6.08. The van der Waals surface area contributed by atoms with Gasteiger partial charge in [0.15, 0.2) is 11.5 Å². The van der Waals surface area contributed by atoms with Crippen LogP contribution in [0.5, 0.6) is 11.5 Å². The SMILES string of the molecule is O=c1c2cnc3nc(SCc4ccc5c(c4)OCCO5)nn3c2ccn1Cc1ccco1. The molecule has 160 valence electrons. The maximum absolute atomic E-state index is 12.9. The molecule has 0 N–H and O–H groups in total. The summed E-state index contributed by atoms with van der Waals surface area (Å²) >= 11 is 1.49. The van der Waals surface area contributed by atoms with Gasteiger partial charge in [-0.2, -0.15) is 9.50 Å². The first-order valence-electron chi connectivity index (χ1n) is 10.0. The van der Waals surface area contributed by atoms with Crippen molar-refractivity contribution >= 4 is 28.4 Å². The smallest absolute Gasteiger partial charge is 0.261 e. The lowest BCUT2D eigenvalue weighted by Crippen LogP contribution is -2.20. The average molecular weight is 447 g/mol. The summed E-state index contributed by atoms with van der Waals surface area (Å²) in [5.74, 6) is 3.35. The van der Waals surface area contributed by atoms with Crippen LogP contribution in [0.15, 0.2) is 69.4 Å². The maximum Gasteiger partial charge on any atom is 0.261 e. The van der Waals surface area contributed by atoms with E-state index in [2.05, 4.69) is 15.1 Å². The number of pyridine rings is 1. The normalized spacial score (nSPS) is 13.1. The second-order valence-electron chi connectivity index (χ2n) is 7.26. The Morgan fingerprint density at radius 3 is 2.88 bits per heavy atom. The molecule has 0 saturated carbocycles. The van der Waals surface area contributed by atoms with Gasteiger partial charge >= 0.3 is 0 Å². The number of ether oxygens (including phenoxy) is 2. The molecule has 0 aliphatic carbocycles. The van der Waals surface area contributed by atoms with E-state index in [0.717, 1.165) is 17.1 Å². The number of fused-ring (bicyclic) bond motifs is 4. The highest BCUT2D eigenvalue weighted by Gasteiger charge is 2.14. The van der Waals surface area contributed by atoms with Crippen molar-refractivity contribution in [2.75, 3.05) is 13.2 Å². The van der Waals surface area contributed by atoms with Crippen molar-refractivity contribution in [1.82, 2.24) is 24.1 Å². The van der Waals surface area contributed by atoms with Gasteiger partial charge in [-0.1, -0.05) is 17.8 Å². The Labute approximate surface area is 185 Å². The molecule has 5 aromatic rings. The quantitative estimate of drug-likeness (QED) is 0.379. The van der Waals surface area contributed by atoms with E-state index in [9.17, 15) is 4.79 Å². The van der Waals surface area contributed by atoms with Crippen molar-refractivity contribution in [2.24, 2.45) is 0 Å². The molecule has 0 radical (unpaired) electrons. The molecule has 1 aliphatic heterocycles. The molecule has 0 unspecified atom stereocenters. The van der Waals surface area contributed by atoms with Crippen molar-refractivity contribution in [1.29, 1.82) is 0 Å². The summed E-state index contributed by atoms with van der Waals surface area (Å²) in [6, 6.07) is 11.4. The predicted molar refractivity (Wildman–Crippen MR) is 117 cm³/mol. The Bertz CT molecular complexity index is 1490. The van der Waals surface area contributed by atoms with Crippen LogP contribution < -0.4 is 15.0 Å².